The van der Waals surface area contributed by atoms with Crippen LogP contribution in [0.1, 0.15) is 21.5 Å². The van der Waals surface area contributed by atoms with Crippen molar-refractivity contribution in [3.05, 3.63) is 108 Å². The van der Waals surface area contributed by atoms with E-state index in [0.29, 0.717) is 47.5 Å². The van der Waals surface area contributed by atoms with Crippen LogP contribution in [0.25, 0.3) is 0 Å². The van der Waals surface area contributed by atoms with Gasteiger partial charge in [0.05, 0.1) is 21.3 Å². The van der Waals surface area contributed by atoms with Crippen LogP contribution in [0.3, 0.4) is 0 Å². The third-order valence-corrected chi connectivity index (χ3v) is 6.79. The Balaban J connectivity index is 0.00000400. The quantitative estimate of drug-likeness (QED) is 0.210. The number of ether oxygens (including phenoxy) is 5. The fourth-order valence-corrected chi connectivity index (χ4v) is 4.76. The second-order valence-electron chi connectivity index (χ2n) is 8.07. The number of carbonyl (C=O) groups excluding carboxylic acids is 1. The van der Waals surface area contributed by atoms with Gasteiger partial charge in [-0.3, -0.25) is 4.79 Å². The van der Waals surface area contributed by atoms with Crippen LogP contribution >= 0.6 is 8.58 Å². The molecule has 0 amide bonds. The second-order valence-corrected chi connectivity index (χ2v) is 9.31. The van der Waals surface area contributed by atoms with E-state index in [2.05, 4.69) is 0 Å². The van der Waals surface area contributed by atoms with Crippen LogP contribution in [0.4, 0.5) is 0 Å². The monoisotopic (exact) mass is 523 g/mol. The van der Waals surface area contributed by atoms with Crippen LogP contribution in [0.5, 0.6) is 28.7 Å². The summed E-state index contributed by atoms with van der Waals surface area (Å²) in [5.74, 6) is 2.58. The predicted octanol–water partition coefficient (Wildman–Crippen LogP) is 3.02. The maximum absolute atomic E-state index is 13.5. The summed E-state index contributed by atoms with van der Waals surface area (Å²) in [6.07, 6.45) is 0. The summed E-state index contributed by atoms with van der Waals surface area (Å²) < 4.78 is 28.5. The summed E-state index contributed by atoms with van der Waals surface area (Å²) in [6.45, 7) is 0.795. The first-order valence-electron chi connectivity index (χ1n) is 11.7. The number of methoxy groups -OCH3 is 3. The molecule has 38 heavy (non-hydrogen) atoms. The Morgan fingerprint density at radius 3 is 1.68 bits per heavy atom. The van der Waals surface area contributed by atoms with E-state index < -0.39 is 0 Å². The molecule has 8 heteroatoms. The molecule has 0 saturated carbocycles. The van der Waals surface area contributed by atoms with E-state index in [4.69, 9.17) is 23.7 Å². The molecule has 0 spiro atoms. The zero-order chi connectivity index (χ0) is 26.0. The minimum absolute atomic E-state index is 0. The zero-order valence-electron chi connectivity index (χ0n) is 22.0. The van der Waals surface area contributed by atoms with Crippen LogP contribution in [-0.4, -0.2) is 26.9 Å². The molecule has 4 aromatic carbocycles. The van der Waals surface area contributed by atoms with Crippen molar-refractivity contribution >= 4 is 19.4 Å². The molecule has 0 radical (unpaired) electrons. The molecular formula is C30H29LiO6P+. The molecule has 1 unspecified atom stereocenters. The number of hydrogen-bond donors (Lipinski definition) is 0. The number of hydrogen-bond acceptors (Lipinski definition) is 6. The average Bonchev–Trinajstić information content (AvgIpc) is 2.96. The fourth-order valence-electron chi connectivity index (χ4n) is 3.71. The Labute approximate surface area is 237 Å². The first-order chi connectivity index (χ1) is 18.1. The maximum Gasteiger partial charge on any atom is 1.00 e. The first kappa shape index (κ1) is 29.1. The van der Waals surface area contributed by atoms with E-state index in [1.165, 1.54) is 14.2 Å². The molecule has 0 bridgehead atoms. The SMILES string of the molecule is COc1cc(OC)c(C(=O)Pc2ccc(OCc3ccccc3)cc2OCc2ccccc2)c(OC)c1.[Li+]. The Morgan fingerprint density at radius 2 is 1.16 bits per heavy atom. The zero-order valence-corrected chi connectivity index (χ0v) is 23.0. The summed E-state index contributed by atoms with van der Waals surface area (Å²) in [7, 11) is 4.35. The van der Waals surface area contributed by atoms with E-state index in [1.807, 2.05) is 78.9 Å². The minimum atomic E-state index is -0.231. The van der Waals surface area contributed by atoms with E-state index >= 15 is 0 Å². The molecule has 0 aliphatic heterocycles. The van der Waals surface area contributed by atoms with Crippen molar-refractivity contribution in [2.45, 2.75) is 13.2 Å². The Bertz CT molecular complexity index is 1310. The molecule has 0 saturated heterocycles. The van der Waals surface area contributed by atoms with Gasteiger partial charge in [-0.2, -0.15) is 0 Å². The molecule has 0 aliphatic rings. The van der Waals surface area contributed by atoms with Crippen LogP contribution in [0.2, 0.25) is 0 Å². The van der Waals surface area contributed by atoms with Gasteiger partial charge in [-0.25, -0.2) is 0 Å². The van der Waals surface area contributed by atoms with E-state index in [-0.39, 0.29) is 33.0 Å². The van der Waals surface area contributed by atoms with Gasteiger partial charge in [0.25, 0.3) is 0 Å². The number of benzene rings is 4. The van der Waals surface area contributed by atoms with Crippen molar-refractivity contribution < 1.29 is 47.3 Å². The van der Waals surface area contributed by atoms with Crippen molar-refractivity contribution in [1.82, 2.24) is 0 Å². The van der Waals surface area contributed by atoms with Crippen LogP contribution in [0.15, 0.2) is 91.0 Å². The van der Waals surface area contributed by atoms with Crippen molar-refractivity contribution in [3.63, 3.8) is 0 Å². The molecule has 0 aliphatic carbocycles. The summed E-state index contributed by atoms with van der Waals surface area (Å²) in [6, 6.07) is 28.7. The minimum Gasteiger partial charge on any atom is -0.496 e. The Kier molecular flexibility index (Phi) is 11.1. The van der Waals surface area contributed by atoms with E-state index in [0.717, 1.165) is 16.4 Å². The van der Waals surface area contributed by atoms with Crippen molar-refractivity contribution in [1.29, 1.82) is 0 Å². The normalized spacial score (nSPS) is 10.5. The predicted molar refractivity (Wildman–Crippen MR) is 146 cm³/mol. The molecule has 0 fully saturated rings. The Hall–Kier alpha value is -3.42. The van der Waals surface area contributed by atoms with E-state index in [9.17, 15) is 4.79 Å². The summed E-state index contributed by atoms with van der Waals surface area (Å²) in [5.41, 5.74) is 2.31. The van der Waals surface area contributed by atoms with Crippen molar-refractivity contribution in [2.75, 3.05) is 21.3 Å². The van der Waals surface area contributed by atoms with Gasteiger partial charge in [0, 0.05) is 23.5 Å². The van der Waals surface area contributed by atoms with Gasteiger partial charge in [0.1, 0.15) is 47.5 Å². The third-order valence-electron chi connectivity index (χ3n) is 5.63. The van der Waals surface area contributed by atoms with E-state index in [1.54, 1.807) is 19.2 Å². The maximum atomic E-state index is 13.5. The number of carbonyl (C=O) groups is 1. The summed E-state index contributed by atoms with van der Waals surface area (Å²) in [5, 5.41) is 0.757. The largest absolute Gasteiger partial charge is 1.00 e. The first-order valence-corrected chi connectivity index (χ1v) is 12.7. The Morgan fingerprint density at radius 1 is 0.632 bits per heavy atom. The molecule has 0 heterocycles. The van der Waals surface area contributed by atoms with Crippen LogP contribution in [-0.2, 0) is 13.2 Å². The summed E-state index contributed by atoms with van der Waals surface area (Å²) >= 11 is 0. The van der Waals surface area contributed by atoms with Crippen LogP contribution < -0.4 is 47.8 Å². The van der Waals surface area contributed by atoms with Gasteiger partial charge in [0.2, 0.25) is 0 Å². The topological polar surface area (TPSA) is 63.2 Å². The summed E-state index contributed by atoms with van der Waals surface area (Å²) in [4.78, 5) is 13.5. The van der Waals surface area contributed by atoms with Crippen molar-refractivity contribution in [2.24, 2.45) is 0 Å². The van der Waals surface area contributed by atoms with Crippen molar-refractivity contribution in [3.8, 4) is 28.7 Å². The molecule has 0 aromatic heterocycles. The molecule has 190 valence electrons. The molecule has 4 aromatic rings. The standard InChI is InChI=1S/C30H29O6P.Li/c1-32-24-17-26(33-2)29(27(18-24)34-3)30(31)37-28-15-14-23(35-19-21-10-6-4-7-11-21)16-25(28)36-20-22-12-8-5-9-13-22;/h4-18,37H,19-20H2,1-3H3;/q;+1. The van der Waals surface area contributed by atoms with Gasteiger partial charge < -0.3 is 23.7 Å². The molecule has 1 atom stereocenters. The molecule has 6 nitrogen and oxygen atoms in total. The third kappa shape index (κ3) is 7.55. The average molecular weight is 523 g/mol. The van der Waals surface area contributed by atoms with Gasteiger partial charge in [0.15, 0.2) is 5.52 Å². The molecule has 0 N–H and O–H groups in total. The molecular weight excluding hydrogens is 494 g/mol. The van der Waals surface area contributed by atoms with Gasteiger partial charge in [-0.1, -0.05) is 60.7 Å². The second kappa shape index (κ2) is 14.5. The smallest absolute Gasteiger partial charge is 0.496 e. The van der Waals surface area contributed by atoms with Gasteiger partial charge in [-0.15, -0.1) is 0 Å². The van der Waals surface area contributed by atoms with Crippen LogP contribution in [0, 0.1) is 0 Å². The van der Waals surface area contributed by atoms with Gasteiger partial charge in [-0.05, 0) is 31.8 Å². The molecule has 4 rings (SSSR count). The number of rotatable bonds is 12. The van der Waals surface area contributed by atoms with Gasteiger partial charge >= 0.3 is 18.9 Å². The fraction of sp³-hybridized carbons (Fsp3) is 0.167.